The fourth-order valence-electron chi connectivity index (χ4n) is 1.59. The lowest BCUT2D eigenvalue weighted by Gasteiger charge is -2.00. The summed E-state index contributed by atoms with van der Waals surface area (Å²) in [6.45, 7) is 4.03. The highest BCUT2D eigenvalue weighted by Gasteiger charge is 2.08. The number of aromatic nitrogens is 1. The van der Waals surface area contributed by atoms with Crippen molar-refractivity contribution in [3.63, 3.8) is 0 Å². The summed E-state index contributed by atoms with van der Waals surface area (Å²) in [5.41, 5.74) is 7.71. The molecule has 3 nitrogen and oxygen atoms in total. The van der Waals surface area contributed by atoms with Crippen LogP contribution in [-0.2, 0) is 0 Å². The van der Waals surface area contributed by atoms with Crippen LogP contribution in [0.2, 0.25) is 0 Å². The number of thiazole rings is 1. The maximum Gasteiger partial charge on any atom is 0.248 e. The minimum Gasteiger partial charge on any atom is -0.366 e. The molecule has 4 heteroatoms. The van der Waals surface area contributed by atoms with Crippen LogP contribution in [0.1, 0.15) is 20.2 Å². The standard InChI is InChI=1S/C12H12N2OS/c1-7-11(14-8(2)16-7)9-3-5-10(6-4-9)12(13)15/h3-6H,1-2H3,(H2,13,15). The van der Waals surface area contributed by atoms with Gasteiger partial charge >= 0.3 is 0 Å². The van der Waals surface area contributed by atoms with E-state index in [0.717, 1.165) is 16.3 Å². The average Bonchev–Trinajstić information content (AvgIpc) is 2.58. The van der Waals surface area contributed by atoms with Crippen LogP contribution in [0.5, 0.6) is 0 Å². The molecule has 0 radical (unpaired) electrons. The van der Waals surface area contributed by atoms with Gasteiger partial charge in [-0.3, -0.25) is 4.79 Å². The fraction of sp³-hybridized carbons (Fsp3) is 0.167. The summed E-state index contributed by atoms with van der Waals surface area (Å²) in [7, 11) is 0. The highest BCUT2D eigenvalue weighted by molar-refractivity contribution is 7.11. The van der Waals surface area contributed by atoms with E-state index >= 15 is 0 Å². The van der Waals surface area contributed by atoms with E-state index in [1.165, 1.54) is 4.88 Å². The molecule has 2 rings (SSSR count). The van der Waals surface area contributed by atoms with Gasteiger partial charge in [-0.05, 0) is 26.0 Å². The van der Waals surface area contributed by atoms with Gasteiger partial charge < -0.3 is 5.73 Å². The monoisotopic (exact) mass is 232 g/mol. The molecule has 0 bridgehead atoms. The summed E-state index contributed by atoms with van der Waals surface area (Å²) >= 11 is 1.67. The maximum atomic E-state index is 10.9. The molecule has 0 aliphatic rings. The first-order valence-corrected chi connectivity index (χ1v) is 5.74. The first-order chi connectivity index (χ1) is 7.58. The molecule has 1 aromatic carbocycles. The van der Waals surface area contributed by atoms with Gasteiger partial charge in [-0.15, -0.1) is 11.3 Å². The van der Waals surface area contributed by atoms with Crippen molar-refractivity contribution in [2.24, 2.45) is 5.73 Å². The maximum absolute atomic E-state index is 10.9. The minimum atomic E-state index is -0.405. The highest BCUT2D eigenvalue weighted by atomic mass is 32.1. The summed E-state index contributed by atoms with van der Waals surface area (Å²) in [5.74, 6) is -0.405. The Bertz CT molecular complexity index is 528. The number of nitrogens with two attached hydrogens (primary N) is 1. The molecule has 16 heavy (non-hydrogen) atoms. The van der Waals surface area contributed by atoms with Crippen LogP contribution in [0.4, 0.5) is 0 Å². The molecular formula is C12H12N2OS. The number of hydrogen-bond donors (Lipinski definition) is 1. The predicted octanol–water partition coefficient (Wildman–Crippen LogP) is 2.53. The Labute approximate surface area is 97.9 Å². The van der Waals surface area contributed by atoms with Gasteiger partial charge in [-0.25, -0.2) is 4.98 Å². The van der Waals surface area contributed by atoms with Gasteiger partial charge in [-0.2, -0.15) is 0 Å². The van der Waals surface area contributed by atoms with Crippen molar-refractivity contribution in [1.29, 1.82) is 0 Å². The Morgan fingerprint density at radius 2 is 1.88 bits per heavy atom. The largest absolute Gasteiger partial charge is 0.366 e. The summed E-state index contributed by atoms with van der Waals surface area (Å²) in [6, 6.07) is 7.21. The van der Waals surface area contributed by atoms with Crippen LogP contribution < -0.4 is 5.73 Å². The zero-order valence-electron chi connectivity index (χ0n) is 9.15. The van der Waals surface area contributed by atoms with E-state index < -0.39 is 5.91 Å². The zero-order chi connectivity index (χ0) is 11.7. The molecule has 82 valence electrons. The van der Waals surface area contributed by atoms with Crippen molar-refractivity contribution in [2.45, 2.75) is 13.8 Å². The minimum absolute atomic E-state index is 0.405. The summed E-state index contributed by atoms with van der Waals surface area (Å²) in [4.78, 5) is 16.6. The van der Waals surface area contributed by atoms with Gasteiger partial charge in [-0.1, -0.05) is 12.1 Å². The number of hydrogen-bond acceptors (Lipinski definition) is 3. The van der Waals surface area contributed by atoms with Crippen LogP contribution in [0.25, 0.3) is 11.3 Å². The Hall–Kier alpha value is -1.68. The summed E-state index contributed by atoms with van der Waals surface area (Å²) in [5, 5.41) is 1.05. The van der Waals surface area contributed by atoms with Gasteiger partial charge in [0.25, 0.3) is 0 Å². The highest BCUT2D eigenvalue weighted by Crippen LogP contribution is 2.27. The molecule has 2 N–H and O–H groups in total. The second kappa shape index (κ2) is 4.06. The third-order valence-electron chi connectivity index (χ3n) is 2.35. The number of primary amides is 1. The second-order valence-electron chi connectivity index (χ2n) is 3.58. The van der Waals surface area contributed by atoms with Gasteiger partial charge in [0.1, 0.15) is 0 Å². The molecule has 0 spiro atoms. The molecule has 1 heterocycles. The first-order valence-electron chi connectivity index (χ1n) is 4.92. The third kappa shape index (κ3) is 1.97. The zero-order valence-corrected chi connectivity index (χ0v) is 9.97. The van der Waals surface area contributed by atoms with E-state index in [1.54, 1.807) is 23.5 Å². The van der Waals surface area contributed by atoms with Crippen molar-refractivity contribution >= 4 is 17.2 Å². The Morgan fingerprint density at radius 3 is 2.31 bits per heavy atom. The molecule has 0 aliphatic carbocycles. The van der Waals surface area contributed by atoms with Crippen molar-refractivity contribution in [3.05, 3.63) is 39.7 Å². The molecule has 0 saturated carbocycles. The van der Waals surface area contributed by atoms with Crippen molar-refractivity contribution in [2.75, 3.05) is 0 Å². The number of nitrogens with zero attached hydrogens (tertiary/aromatic N) is 1. The quantitative estimate of drug-likeness (QED) is 0.865. The number of carbonyl (C=O) groups excluding carboxylic acids is 1. The lowest BCUT2D eigenvalue weighted by atomic mass is 10.1. The predicted molar refractivity (Wildman–Crippen MR) is 65.5 cm³/mol. The molecule has 1 amide bonds. The third-order valence-corrected chi connectivity index (χ3v) is 3.23. The van der Waals surface area contributed by atoms with Crippen molar-refractivity contribution in [1.82, 2.24) is 4.98 Å². The lowest BCUT2D eigenvalue weighted by molar-refractivity contribution is 0.100. The Morgan fingerprint density at radius 1 is 1.25 bits per heavy atom. The van der Waals surface area contributed by atoms with E-state index in [9.17, 15) is 4.79 Å². The van der Waals surface area contributed by atoms with Crippen LogP contribution in [0.15, 0.2) is 24.3 Å². The SMILES string of the molecule is Cc1nc(-c2ccc(C(N)=O)cc2)c(C)s1. The fourth-order valence-corrected chi connectivity index (χ4v) is 2.43. The number of benzene rings is 1. The number of rotatable bonds is 2. The van der Waals surface area contributed by atoms with Gasteiger partial charge in [0, 0.05) is 16.0 Å². The number of aryl methyl sites for hydroxylation is 2. The van der Waals surface area contributed by atoms with Crippen LogP contribution in [0.3, 0.4) is 0 Å². The molecule has 0 atom stereocenters. The number of carbonyl (C=O) groups is 1. The van der Waals surface area contributed by atoms with E-state index in [-0.39, 0.29) is 0 Å². The molecule has 0 unspecified atom stereocenters. The second-order valence-corrected chi connectivity index (χ2v) is 4.99. The summed E-state index contributed by atoms with van der Waals surface area (Å²) < 4.78 is 0. The van der Waals surface area contributed by atoms with Crippen LogP contribution in [0, 0.1) is 13.8 Å². The Balaban J connectivity index is 2.42. The van der Waals surface area contributed by atoms with Crippen LogP contribution >= 0.6 is 11.3 Å². The molecule has 0 saturated heterocycles. The Kier molecular flexibility index (Phi) is 2.75. The lowest BCUT2D eigenvalue weighted by Crippen LogP contribution is -2.10. The summed E-state index contributed by atoms with van der Waals surface area (Å²) in [6.07, 6.45) is 0. The normalized spacial score (nSPS) is 10.4. The van der Waals surface area contributed by atoms with E-state index in [2.05, 4.69) is 4.98 Å². The van der Waals surface area contributed by atoms with Crippen molar-refractivity contribution < 1.29 is 4.79 Å². The van der Waals surface area contributed by atoms with Gasteiger partial charge in [0.2, 0.25) is 5.91 Å². The smallest absolute Gasteiger partial charge is 0.248 e. The van der Waals surface area contributed by atoms with E-state index in [1.807, 2.05) is 26.0 Å². The van der Waals surface area contributed by atoms with E-state index in [4.69, 9.17) is 5.73 Å². The molecule has 0 fully saturated rings. The van der Waals surface area contributed by atoms with Crippen molar-refractivity contribution in [3.8, 4) is 11.3 Å². The molecular weight excluding hydrogens is 220 g/mol. The number of amides is 1. The molecule has 1 aromatic heterocycles. The molecule has 2 aromatic rings. The average molecular weight is 232 g/mol. The van der Waals surface area contributed by atoms with E-state index in [0.29, 0.717) is 5.56 Å². The molecule has 0 aliphatic heterocycles. The first kappa shape index (κ1) is 10.8. The topological polar surface area (TPSA) is 56.0 Å². The van der Waals surface area contributed by atoms with Crippen LogP contribution in [-0.4, -0.2) is 10.9 Å². The van der Waals surface area contributed by atoms with Gasteiger partial charge in [0.05, 0.1) is 10.7 Å². The van der Waals surface area contributed by atoms with Gasteiger partial charge in [0.15, 0.2) is 0 Å².